The topological polar surface area (TPSA) is 12.0 Å². The van der Waals surface area contributed by atoms with Crippen LogP contribution in [0.3, 0.4) is 0 Å². The van der Waals surface area contributed by atoms with E-state index < -0.39 is 0 Å². The van der Waals surface area contributed by atoms with Crippen LogP contribution < -0.4 is 5.32 Å². The second kappa shape index (κ2) is 4.77. The zero-order valence-electron chi connectivity index (χ0n) is 11.0. The van der Waals surface area contributed by atoms with Gasteiger partial charge in [-0.1, -0.05) is 13.0 Å². The molecule has 17 heavy (non-hydrogen) atoms. The highest BCUT2D eigenvalue weighted by Gasteiger charge is 2.40. The predicted octanol–water partition coefficient (Wildman–Crippen LogP) is 3.31. The lowest BCUT2D eigenvalue weighted by Gasteiger charge is -2.30. The molecule has 0 saturated heterocycles. The van der Waals surface area contributed by atoms with Crippen molar-refractivity contribution in [2.45, 2.75) is 33.1 Å². The summed E-state index contributed by atoms with van der Waals surface area (Å²) in [7, 11) is 2.01. The summed E-state index contributed by atoms with van der Waals surface area (Å²) in [5, 5.41) is 3.31. The zero-order chi connectivity index (χ0) is 12.5. The summed E-state index contributed by atoms with van der Waals surface area (Å²) in [5.74, 6) is 0.701. The molecule has 2 heteroatoms. The smallest absolute Gasteiger partial charge is 0.123 e. The Morgan fingerprint density at radius 2 is 2.12 bits per heavy atom. The van der Waals surface area contributed by atoms with Gasteiger partial charge < -0.3 is 5.32 Å². The van der Waals surface area contributed by atoms with Crippen molar-refractivity contribution in [2.75, 3.05) is 13.6 Å². The van der Waals surface area contributed by atoms with Gasteiger partial charge in [-0.3, -0.25) is 0 Å². The van der Waals surface area contributed by atoms with Crippen LogP contribution in [0.15, 0.2) is 18.2 Å². The first-order chi connectivity index (χ1) is 8.05. The molecule has 1 aliphatic carbocycles. The van der Waals surface area contributed by atoms with Crippen molar-refractivity contribution >= 4 is 0 Å². The van der Waals surface area contributed by atoms with Crippen molar-refractivity contribution in [1.29, 1.82) is 0 Å². The molecular weight excluding hydrogens is 213 g/mol. The highest BCUT2D eigenvalue weighted by molar-refractivity contribution is 5.28. The molecule has 1 atom stereocenters. The van der Waals surface area contributed by atoms with Crippen LogP contribution in [0, 0.1) is 24.1 Å². The van der Waals surface area contributed by atoms with E-state index in [1.54, 1.807) is 12.1 Å². The van der Waals surface area contributed by atoms with Gasteiger partial charge in [-0.25, -0.2) is 4.39 Å². The minimum Gasteiger partial charge on any atom is -0.319 e. The summed E-state index contributed by atoms with van der Waals surface area (Å²) in [6, 6.07) is 5.16. The van der Waals surface area contributed by atoms with E-state index in [-0.39, 0.29) is 5.82 Å². The van der Waals surface area contributed by atoms with Crippen molar-refractivity contribution in [3.05, 3.63) is 35.1 Å². The molecule has 0 aromatic heterocycles. The highest BCUT2D eigenvalue weighted by atomic mass is 19.1. The monoisotopic (exact) mass is 235 g/mol. The second-order valence-electron chi connectivity index (χ2n) is 5.71. The van der Waals surface area contributed by atoms with E-state index in [0.29, 0.717) is 5.41 Å². The quantitative estimate of drug-likeness (QED) is 0.825. The molecule has 1 aliphatic rings. The summed E-state index contributed by atoms with van der Waals surface area (Å²) in [6.07, 6.45) is 3.74. The number of rotatable bonds is 5. The van der Waals surface area contributed by atoms with Crippen LogP contribution in [-0.4, -0.2) is 13.6 Å². The van der Waals surface area contributed by atoms with Gasteiger partial charge >= 0.3 is 0 Å². The third-order valence-corrected chi connectivity index (χ3v) is 4.04. The van der Waals surface area contributed by atoms with Crippen molar-refractivity contribution in [2.24, 2.45) is 11.3 Å². The largest absolute Gasteiger partial charge is 0.319 e. The Bertz CT molecular complexity index is 398. The molecule has 1 saturated carbocycles. The number of hydrogen-bond acceptors (Lipinski definition) is 1. The van der Waals surface area contributed by atoms with E-state index in [1.807, 2.05) is 20.0 Å². The van der Waals surface area contributed by atoms with E-state index in [9.17, 15) is 4.39 Å². The Kier molecular flexibility index (Phi) is 3.53. The van der Waals surface area contributed by atoms with Gasteiger partial charge in [-0.15, -0.1) is 0 Å². The fourth-order valence-corrected chi connectivity index (χ4v) is 2.83. The molecule has 2 rings (SSSR count). The Balaban J connectivity index is 2.17. The highest BCUT2D eigenvalue weighted by Crippen LogP contribution is 2.47. The lowest BCUT2D eigenvalue weighted by molar-refractivity contribution is 0.262. The van der Waals surface area contributed by atoms with Gasteiger partial charge in [-0.05, 0) is 67.8 Å². The van der Waals surface area contributed by atoms with Crippen molar-refractivity contribution in [1.82, 2.24) is 5.32 Å². The summed E-state index contributed by atoms with van der Waals surface area (Å²) < 4.78 is 13.1. The number of hydrogen-bond donors (Lipinski definition) is 1. The molecule has 1 aromatic rings. The van der Waals surface area contributed by atoms with Gasteiger partial charge in [0.2, 0.25) is 0 Å². The Morgan fingerprint density at radius 3 is 2.65 bits per heavy atom. The number of nitrogens with one attached hydrogen (secondary N) is 1. The van der Waals surface area contributed by atoms with Crippen LogP contribution in [0.5, 0.6) is 0 Å². The van der Waals surface area contributed by atoms with Crippen LogP contribution in [0.2, 0.25) is 0 Å². The van der Waals surface area contributed by atoms with Crippen molar-refractivity contribution < 1.29 is 4.39 Å². The van der Waals surface area contributed by atoms with Crippen LogP contribution in [0.25, 0.3) is 0 Å². The normalized spacial score (nSPS) is 19.1. The molecule has 1 nitrogen and oxygen atoms in total. The summed E-state index contributed by atoms with van der Waals surface area (Å²) in [4.78, 5) is 0. The maximum absolute atomic E-state index is 13.1. The van der Waals surface area contributed by atoms with Crippen LogP contribution in [0.4, 0.5) is 4.39 Å². The van der Waals surface area contributed by atoms with E-state index in [4.69, 9.17) is 0 Å². The Labute approximate surface area is 103 Å². The molecule has 1 aromatic carbocycles. The van der Waals surface area contributed by atoms with Gasteiger partial charge in [0.1, 0.15) is 5.82 Å². The maximum Gasteiger partial charge on any atom is 0.123 e. The van der Waals surface area contributed by atoms with Gasteiger partial charge in [0, 0.05) is 6.54 Å². The standard InChI is InChI=1S/C15H22FN/c1-11-8-14(16)7-4-12(11)9-15(2,10-17-3)13-5-6-13/h4,7-8,13,17H,5-6,9-10H2,1-3H3. The maximum atomic E-state index is 13.1. The SMILES string of the molecule is CNCC(C)(Cc1ccc(F)cc1C)C1CC1. The zero-order valence-corrected chi connectivity index (χ0v) is 11.0. The first-order valence-electron chi connectivity index (χ1n) is 6.45. The first kappa shape index (κ1) is 12.6. The molecule has 1 N–H and O–H groups in total. The third kappa shape index (κ3) is 2.86. The molecule has 1 fully saturated rings. The summed E-state index contributed by atoms with van der Waals surface area (Å²) >= 11 is 0. The molecular formula is C15H22FN. The number of benzene rings is 1. The van der Waals surface area contributed by atoms with Crippen LogP contribution >= 0.6 is 0 Å². The molecule has 0 heterocycles. The van der Waals surface area contributed by atoms with Gasteiger partial charge in [0.05, 0.1) is 0 Å². The van der Waals surface area contributed by atoms with Crippen LogP contribution in [-0.2, 0) is 6.42 Å². The minimum atomic E-state index is -0.131. The fourth-order valence-electron chi connectivity index (χ4n) is 2.83. The molecule has 0 radical (unpaired) electrons. The van der Waals surface area contributed by atoms with Crippen molar-refractivity contribution in [3.8, 4) is 0 Å². The van der Waals surface area contributed by atoms with Gasteiger partial charge in [-0.2, -0.15) is 0 Å². The summed E-state index contributed by atoms with van der Waals surface area (Å²) in [6.45, 7) is 5.39. The molecule has 1 unspecified atom stereocenters. The van der Waals surface area contributed by atoms with Crippen LogP contribution in [0.1, 0.15) is 30.9 Å². The minimum absolute atomic E-state index is 0.131. The molecule has 0 amide bonds. The average Bonchev–Trinajstić information content (AvgIpc) is 3.06. The Morgan fingerprint density at radius 1 is 1.41 bits per heavy atom. The second-order valence-corrected chi connectivity index (χ2v) is 5.71. The van der Waals surface area contributed by atoms with E-state index in [0.717, 1.165) is 24.4 Å². The number of halogens is 1. The molecule has 0 bridgehead atoms. The fraction of sp³-hybridized carbons (Fsp3) is 0.600. The lowest BCUT2D eigenvalue weighted by Crippen LogP contribution is -2.34. The van der Waals surface area contributed by atoms with Crippen molar-refractivity contribution in [3.63, 3.8) is 0 Å². The predicted molar refractivity (Wildman–Crippen MR) is 69.6 cm³/mol. The Hall–Kier alpha value is -0.890. The van der Waals surface area contributed by atoms with E-state index in [2.05, 4.69) is 12.2 Å². The molecule has 0 spiro atoms. The van der Waals surface area contributed by atoms with E-state index in [1.165, 1.54) is 18.4 Å². The third-order valence-electron chi connectivity index (χ3n) is 4.04. The number of aryl methyl sites for hydroxylation is 1. The molecule has 0 aliphatic heterocycles. The summed E-state index contributed by atoms with van der Waals surface area (Å²) in [5.41, 5.74) is 2.68. The van der Waals surface area contributed by atoms with E-state index >= 15 is 0 Å². The van der Waals surface area contributed by atoms with Gasteiger partial charge in [0.25, 0.3) is 0 Å². The lowest BCUT2D eigenvalue weighted by atomic mass is 9.78. The first-order valence-corrected chi connectivity index (χ1v) is 6.45. The van der Waals surface area contributed by atoms with Gasteiger partial charge in [0.15, 0.2) is 0 Å². The molecule has 94 valence electrons. The average molecular weight is 235 g/mol.